The third-order valence-electron chi connectivity index (χ3n) is 6.24. The van der Waals surface area contributed by atoms with Gasteiger partial charge in [-0.15, -0.1) is 0 Å². The number of hydrogen-bond donors (Lipinski definition) is 0. The van der Waals surface area contributed by atoms with Crippen molar-refractivity contribution in [2.24, 2.45) is 5.92 Å². The summed E-state index contributed by atoms with van der Waals surface area (Å²) in [6.07, 6.45) is 3.85. The molecule has 2 aliphatic heterocycles. The van der Waals surface area contributed by atoms with Crippen molar-refractivity contribution in [2.75, 3.05) is 13.1 Å². The van der Waals surface area contributed by atoms with Crippen LogP contribution in [0.15, 0.2) is 54.6 Å². The summed E-state index contributed by atoms with van der Waals surface area (Å²) >= 11 is 0. The minimum Gasteiger partial charge on any atom is -0.338 e. The number of fused-ring (bicyclic) bond motifs is 5. The van der Waals surface area contributed by atoms with E-state index >= 15 is 0 Å². The van der Waals surface area contributed by atoms with Gasteiger partial charge in [0, 0.05) is 29.7 Å². The summed E-state index contributed by atoms with van der Waals surface area (Å²) in [5.74, 6) is 0.829. The van der Waals surface area contributed by atoms with Crippen LogP contribution in [0.4, 0.5) is 0 Å². The van der Waals surface area contributed by atoms with E-state index in [4.69, 9.17) is 0 Å². The van der Waals surface area contributed by atoms with E-state index in [1.807, 2.05) is 0 Å². The van der Waals surface area contributed by atoms with Gasteiger partial charge in [-0.3, -0.25) is 4.90 Å². The van der Waals surface area contributed by atoms with Crippen LogP contribution in [0.25, 0.3) is 10.9 Å². The summed E-state index contributed by atoms with van der Waals surface area (Å²) in [5, 5.41) is 1.48. The summed E-state index contributed by atoms with van der Waals surface area (Å²) in [6.45, 7) is 5.90. The third-order valence-corrected chi connectivity index (χ3v) is 6.24. The second kappa shape index (κ2) is 6.03. The molecule has 1 aromatic heterocycles. The van der Waals surface area contributed by atoms with Crippen LogP contribution in [0.2, 0.25) is 0 Å². The van der Waals surface area contributed by atoms with Gasteiger partial charge in [0.15, 0.2) is 0 Å². The molecule has 0 amide bonds. The van der Waals surface area contributed by atoms with Gasteiger partial charge < -0.3 is 4.57 Å². The third kappa shape index (κ3) is 2.51. The molecular weight excluding hydrogens is 304 g/mol. The van der Waals surface area contributed by atoms with E-state index in [-0.39, 0.29) is 0 Å². The average Bonchev–Trinajstić information content (AvgIpc) is 2.97. The number of para-hydroxylation sites is 1. The molecule has 2 heteroatoms. The molecule has 0 aliphatic carbocycles. The average molecular weight is 330 g/mol. The smallest absolute Gasteiger partial charge is 0.0506 e. The lowest BCUT2D eigenvalue weighted by atomic mass is 9.85. The van der Waals surface area contributed by atoms with Crippen molar-refractivity contribution in [2.45, 2.75) is 38.8 Å². The fourth-order valence-corrected chi connectivity index (χ4v) is 4.97. The molecule has 25 heavy (non-hydrogen) atoms. The Bertz CT molecular complexity index is 893. The van der Waals surface area contributed by atoms with Crippen LogP contribution in [-0.2, 0) is 13.0 Å². The molecule has 2 atom stereocenters. The summed E-state index contributed by atoms with van der Waals surface area (Å²) in [5.41, 5.74) is 6.02. The Balaban J connectivity index is 1.69. The van der Waals surface area contributed by atoms with Gasteiger partial charge in [0.2, 0.25) is 0 Å². The lowest BCUT2D eigenvalue weighted by Gasteiger charge is -2.42. The summed E-state index contributed by atoms with van der Waals surface area (Å²) in [6, 6.07) is 20.6. The van der Waals surface area contributed by atoms with Gasteiger partial charge in [0.1, 0.15) is 0 Å². The number of piperidine rings is 1. The van der Waals surface area contributed by atoms with Crippen LogP contribution >= 0.6 is 0 Å². The highest BCUT2D eigenvalue weighted by Crippen LogP contribution is 2.43. The van der Waals surface area contributed by atoms with E-state index < -0.39 is 0 Å². The second-order valence-electron chi connectivity index (χ2n) is 7.88. The lowest BCUT2D eigenvalue weighted by Crippen LogP contribution is -2.41. The van der Waals surface area contributed by atoms with Gasteiger partial charge in [-0.2, -0.15) is 0 Å². The first kappa shape index (κ1) is 15.2. The van der Waals surface area contributed by atoms with E-state index in [1.54, 1.807) is 11.3 Å². The molecule has 128 valence electrons. The Morgan fingerprint density at radius 2 is 1.76 bits per heavy atom. The van der Waals surface area contributed by atoms with E-state index in [2.05, 4.69) is 71.0 Å². The molecule has 2 aliphatic rings. The molecule has 0 bridgehead atoms. The summed E-state index contributed by atoms with van der Waals surface area (Å²) in [7, 11) is 0. The molecule has 0 spiro atoms. The molecular formula is C23H26N2. The van der Waals surface area contributed by atoms with E-state index in [0.717, 1.165) is 12.5 Å². The van der Waals surface area contributed by atoms with Crippen LogP contribution in [0, 0.1) is 5.92 Å². The van der Waals surface area contributed by atoms with Crippen molar-refractivity contribution >= 4 is 10.9 Å². The van der Waals surface area contributed by atoms with Crippen molar-refractivity contribution in [3.05, 3.63) is 71.4 Å². The Labute approximate surface area is 150 Å². The fraction of sp³-hybridized carbons (Fsp3) is 0.391. The zero-order valence-electron chi connectivity index (χ0n) is 15.0. The van der Waals surface area contributed by atoms with Gasteiger partial charge in [-0.1, -0.05) is 55.5 Å². The Kier molecular flexibility index (Phi) is 3.67. The number of hydrogen-bond acceptors (Lipinski definition) is 1. The van der Waals surface area contributed by atoms with Crippen molar-refractivity contribution in [1.29, 1.82) is 0 Å². The van der Waals surface area contributed by atoms with Crippen LogP contribution in [-0.4, -0.2) is 22.6 Å². The Morgan fingerprint density at radius 3 is 2.64 bits per heavy atom. The zero-order chi connectivity index (χ0) is 16.8. The largest absolute Gasteiger partial charge is 0.338 e. The SMILES string of the molecule is CC1CCN2CCc3c(n(Cc4ccccc4)c4ccccc34)C2C1. The minimum absolute atomic E-state index is 0.601. The van der Waals surface area contributed by atoms with Gasteiger partial charge in [0.05, 0.1) is 6.04 Å². The fourth-order valence-electron chi connectivity index (χ4n) is 4.97. The highest BCUT2D eigenvalue weighted by molar-refractivity contribution is 5.86. The maximum Gasteiger partial charge on any atom is 0.0506 e. The molecule has 1 saturated heterocycles. The number of aromatic nitrogens is 1. The highest BCUT2D eigenvalue weighted by Gasteiger charge is 2.35. The topological polar surface area (TPSA) is 8.17 Å². The lowest BCUT2D eigenvalue weighted by molar-refractivity contribution is 0.104. The Hall–Kier alpha value is -2.06. The van der Waals surface area contributed by atoms with Crippen LogP contribution in [0.5, 0.6) is 0 Å². The molecule has 0 saturated carbocycles. The molecule has 5 rings (SSSR count). The standard InChI is InChI=1S/C23H26N2/c1-17-11-13-24-14-12-20-19-9-5-6-10-21(19)25(23(20)22(24)15-17)16-18-7-3-2-4-8-18/h2-10,17,22H,11-16H2,1H3. The molecule has 1 fully saturated rings. The monoisotopic (exact) mass is 330 g/mol. The maximum atomic E-state index is 2.74. The van der Waals surface area contributed by atoms with Crippen LogP contribution < -0.4 is 0 Å². The van der Waals surface area contributed by atoms with Crippen molar-refractivity contribution in [3.63, 3.8) is 0 Å². The first-order chi connectivity index (χ1) is 12.3. The number of benzene rings is 2. The molecule has 0 radical (unpaired) electrons. The molecule has 3 aromatic rings. The zero-order valence-corrected chi connectivity index (χ0v) is 15.0. The van der Waals surface area contributed by atoms with Crippen molar-refractivity contribution in [3.8, 4) is 0 Å². The first-order valence-electron chi connectivity index (χ1n) is 9.69. The van der Waals surface area contributed by atoms with Gasteiger partial charge in [-0.05, 0) is 48.9 Å². The maximum absolute atomic E-state index is 2.74. The van der Waals surface area contributed by atoms with Crippen molar-refractivity contribution < 1.29 is 0 Å². The van der Waals surface area contributed by atoms with Crippen LogP contribution in [0.3, 0.4) is 0 Å². The van der Waals surface area contributed by atoms with Gasteiger partial charge >= 0.3 is 0 Å². The summed E-state index contributed by atoms with van der Waals surface area (Å²) < 4.78 is 2.62. The molecule has 2 unspecified atom stereocenters. The van der Waals surface area contributed by atoms with E-state index in [9.17, 15) is 0 Å². The van der Waals surface area contributed by atoms with Crippen LogP contribution in [0.1, 0.15) is 42.6 Å². The Morgan fingerprint density at radius 1 is 0.960 bits per heavy atom. The molecule has 0 N–H and O–H groups in total. The molecule has 2 nitrogen and oxygen atoms in total. The molecule has 3 heterocycles. The molecule has 2 aromatic carbocycles. The second-order valence-corrected chi connectivity index (χ2v) is 7.88. The number of rotatable bonds is 2. The normalized spacial score (nSPS) is 23.4. The van der Waals surface area contributed by atoms with E-state index in [0.29, 0.717) is 6.04 Å². The highest BCUT2D eigenvalue weighted by atomic mass is 15.2. The van der Waals surface area contributed by atoms with Crippen molar-refractivity contribution in [1.82, 2.24) is 9.47 Å². The van der Waals surface area contributed by atoms with Gasteiger partial charge in [-0.25, -0.2) is 0 Å². The quantitative estimate of drug-likeness (QED) is 0.640. The first-order valence-corrected chi connectivity index (χ1v) is 9.69. The van der Waals surface area contributed by atoms with Gasteiger partial charge in [0.25, 0.3) is 0 Å². The number of nitrogens with zero attached hydrogens (tertiary/aromatic N) is 2. The van der Waals surface area contributed by atoms with E-state index in [1.165, 1.54) is 48.8 Å². The predicted molar refractivity (Wildman–Crippen MR) is 104 cm³/mol. The minimum atomic E-state index is 0.601. The predicted octanol–water partition coefficient (Wildman–Crippen LogP) is 5.02. The summed E-state index contributed by atoms with van der Waals surface area (Å²) in [4.78, 5) is 2.74.